The van der Waals surface area contributed by atoms with Crippen LogP contribution in [0.4, 0.5) is 0 Å². The molecule has 1 aromatic rings. The van der Waals surface area contributed by atoms with Crippen LogP contribution in [0.15, 0.2) is 23.1 Å². The number of hydrogen-bond donors (Lipinski definition) is 1. The van der Waals surface area contributed by atoms with E-state index in [0.717, 1.165) is 30.6 Å². The molecular weight excluding hydrogens is 290 g/mol. The van der Waals surface area contributed by atoms with Crippen LogP contribution < -0.4 is 4.74 Å². The molecule has 0 bridgehead atoms. The van der Waals surface area contributed by atoms with Crippen molar-refractivity contribution in [3.05, 3.63) is 23.8 Å². The largest absolute Gasteiger partial charge is 0.493 e. The van der Waals surface area contributed by atoms with Crippen LogP contribution in [0.5, 0.6) is 5.75 Å². The Labute approximate surface area is 125 Å². The van der Waals surface area contributed by atoms with E-state index in [1.165, 1.54) is 0 Å². The summed E-state index contributed by atoms with van der Waals surface area (Å²) in [6, 6.07) is 5.13. The van der Waals surface area contributed by atoms with Crippen molar-refractivity contribution in [2.75, 3.05) is 26.3 Å². The van der Waals surface area contributed by atoms with Crippen molar-refractivity contribution in [3.63, 3.8) is 0 Å². The van der Waals surface area contributed by atoms with Crippen molar-refractivity contribution in [2.45, 2.75) is 30.6 Å². The van der Waals surface area contributed by atoms with E-state index in [-0.39, 0.29) is 12.5 Å². The molecule has 6 heteroatoms. The fourth-order valence-electron chi connectivity index (χ4n) is 3.14. The molecule has 2 aliphatic rings. The summed E-state index contributed by atoms with van der Waals surface area (Å²) in [5, 5.41) is 9.05. The molecule has 0 amide bonds. The predicted molar refractivity (Wildman–Crippen MR) is 78.8 cm³/mol. The lowest BCUT2D eigenvalue weighted by molar-refractivity contribution is 0.203. The topological polar surface area (TPSA) is 66.8 Å². The Kier molecular flexibility index (Phi) is 4.19. The van der Waals surface area contributed by atoms with Crippen molar-refractivity contribution < 1.29 is 18.3 Å². The monoisotopic (exact) mass is 311 g/mol. The molecule has 0 radical (unpaired) electrons. The quantitative estimate of drug-likeness (QED) is 0.913. The standard InChI is InChI=1S/C15H21NO4S/c17-8-5-12-2-1-7-16(11-12)21(18,19)14-3-4-15-13(10-14)6-9-20-15/h3-4,10,12,17H,1-2,5-9,11H2. The Morgan fingerprint density at radius 2 is 2.24 bits per heavy atom. The number of hydrogen-bond acceptors (Lipinski definition) is 4. The van der Waals surface area contributed by atoms with Gasteiger partial charge in [0.2, 0.25) is 10.0 Å². The molecule has 1 aromatic carbocycles. The Morgan fingerprint density at radius 1 is 1.38 bits per heavy atom. The van der Waals surface area contributed by atoms with Gasteiger partial charge in [0.1, 0.15) is 5.75 Å². The van der Waals surface area contributed by atoms with Crippen molar-refractivity contribution in [2.24, 2.45) is 5.92 Å². The van der Waals surface area contributed by atoms with Crippen LogP contribution in [-0.2, 0) is 16.4 Å². The lowest BCUT2D eigenvalue weighted by atomic mass is 9.97. The number of aliphatic hydroxyl groups is 1. The fourth-order valence-corrected chi connectivity index (χ4v) is 4.74. The van der Waals surface area contributed by atoms with E-state index in [1.807, 2.05) is 0 Å². The van der Waals surface area contributed by atoms with Gasteiger partial charge in [0, 0.05) is 26.1 Å². The maximum atomic E-state index is 12.8. The summed E-state index contributed by atoms with van der Waals surface area (Å²) in [5.74, 6) is 1.06. The van der Waals surface area contributed by atoms with Gasteiger partial charge in [-0.3, -0.25) is 0 Å². The first-order valence-corrected chi connectivity index (χ1v) is 8.92. The van der Waals surface area contributed by atoms with Gasteiger partial charge in [0.25, 0.3) is 0 Å². The maximum Gasteiger partial charge on any atom is 0.243 e. The van der Waals surface area contributed by atoms with Gasteiger partial charge in [0.05, 0.1) is 11.5 Å². The van der Waals surface area contributed by atoms with Gasteiger partial charge in [-0.2, -0.15) is 4.31 Å². The summed E-state index contributed by atoms with van der Waals surface area (Å²) in [6.07, 6.45) is 3.29. The van der Waals surface area contributed by atoms with E-state index in [1.54, 1.807) is 22.5 Å². The van der Waals surface area contributed by atoms with Gasteiger partial charge in [-0.25, -0.2) is 8.42 Å². The molecule has 0 aliphatic carbocycles. The molecule has 116 valence electrons. The summed E-state index contributed by atoms with van der Waals surface area (Å²) in [4.78, 5) is 0.358. The first-order valence-electron chi connectivity index (χ1n) is 7.48. The van der Waals surface area contributed by atoms with Crippen LogP contribution in [0.1, 0.15) is 24.8 Å². The highest BCUT2D eigenvalue weighted by Gasteiger charge is 2.30. The van der Waals surface area contributed by atoms with E-state index in [9.17, 15) is 8.42 Å². The molecule has 1 unspecified atom stereocenters. The average Bonchev–Trinajstić information content (AvgIpc) is 2.95. The van der Waals surface area contributed by atoms with Gasteiger partial charge in [-0.1, -0.05) is 0 Å². The highest BCUT2D eigenvalue weighted by Crippen LogP contribution is 2.30. The number of ether oxygens (including phenoxy) is 1. The molecule has 3 rings (SSSR count). The number of sulfonamides is 1. The summed E-state index contributed by atoms with van der Waals surface area (Å²) < 4.78 is 32.5. The van der Waals surface area contributed by atoms with Crippen molar-refractivity contribution in [3.8, 4) is 5.75 Å². The number of fused-ring (bicyclic) bond motifs is 1. The molecule has 5 nitrogen and oxygen atoms in total. The number of nitrogens with zero attached hydrogens (tertiary/aromatic N) is 1. The third kappa shape index (κ3) is 2.93. The normalized spacial score (nSPS) is 22.8. The molecule has 1 fully saturated rings. The summed E-state index contributed by atoms with van der Waals surface area (Å²) >= 11 is 0. The van der Waals surface area contributed by atoms with Gasteiger partial charge in [-0.15, -0.1) is 0 Å². The van der Waals surface area contributed by atoms with E-state index in [4.69, 9.17) is 9.84 Å². The highest BCUT2D eigenvalue weighted by molar-refractivity contribution is 7.89. The van der Waals surface area contributed by atoms with Crippen molar-refractivity contribution >= 4 is 10.0 Å². The van der Waals surface area contributed by atoms with Gasteiger partial charge < -0.3 is 9.84 Å². The Morgan fingerprint density at radius 3 is 3.05 bits per heavy atom. The number of benzene rings is 1. The van der Waals surface area contributed by atoms with Crippen molar-refractivity contribution in [1.29, 1.82) is 0 Å². The molecule has 1 atom stereocenters. The zero-order chi connectivity index (χ0) is 14.9. The van der Waals surface area contributed by atoms with Gasteiger partial charge in [0.15, 0.2) is 0 Å². The van der Waals surface area contributed by atoms with Crippen LogP contribution in [0.2, 0.25) is 0 Å². The Bertz CT molecular complexity index is 612. The summed E-state index contributed by atoms with van der Waals surface area (Å²) in [7, 11) is -3.44. The second-order valence-electron chi connectivity index (χ2n) is 5.75. The minimum atomic E-state index is -3.44. The van der Waals surface area contributed by atoms with Crippen LogP contribution >= 0.6 is 0 Å². The first kappa shape index (κ1) is 14.8. The molecule has 0 aromatic heterocycles. The van der Waals surface area contributed by atoms with Crippen LogP contribution in [-0.4, -0.2) is 44.1 Å². The third-order valence-corrected chi connectivity index (χ3v) is 6.18. The summed E-state index contributed by atoms with van der Waals surface area (Å²) in [6.45, 7) is 1.82. The van der Waals surface area contributed by atoms with Crippen LogP contribution in [0.25, 0.3) is 0 Å². The van der Waals surface area contributed by atoms with Gasteiger partial charge in [-0.05, 0) is 48.9 Å². The molecule has 0 saturated carbocycles. The molecular formula is C15H21NO4S. The van der Waals surface area contributed by atoms with E-state index in [2.05, 4.69) is 0 Å². The molecule has 2 aliphatic heterocycles. The maximum absolute atomic E-state index is 12.8. The number of piperidine rings is 1. The minimum absolute atomic E-state index is 0.120. The minimum Gasteiger partial charge on any atom is -0.493 e. The van der Waals surface area contributed by atoms with Crippen LogP contribution in [0, 0.1) is 5.92 Å². The van der Waals surface area contributed by atoms with E-state index < -0.39 is 10.0 Å². The number of aliphatic hydroxyl groups excluding tert-OH is 1. The smallest absolute Gasteiger partial charge is 0.243 e. The average molecular weight is 311 g/mol. The second-order valence-corrected chi connectivity index (χ2v) is 7.69. The van der Waals surface area contributed by atoms with E-state index in [0.29, 0.717) is 31.0 Å². The first-order chi connectivity index (χ1) is 10.1. The summed E-state index contributed by atoms with van der Waals surface area (Å²) in [5.41, 5.74) is 0.972. The van der Waals surface area contributed by atoms with E-state index >= 15 is 0 Å². The Balaban J connectivity index is 1.83. The molecule has 2 heterocycles. The second kappa shape index (κ2) is 5.94. The Hall–Kier alpha value is -1.11. The van der Waals surface area contributed by atoms with Gasteiger partial charge >= 0.3 is 0 Å². The SMILES string of the molecule is O=S(=O)(c1ccc2c(c1)CCO2)N1CCCC(CCO)C1. The molecule has 21 heavy (non-hydrogen) atoms. The molecule has 0 spiro atoms. The van der Waals surface area contributed by atoms with Crippen molar-refractivity contribution in [1.82, 2.24) is 4.31 Å². The van der Waals surface area contributed by atoms with Crippen LogP contribution in [0.3, 0.4) is 0 Å². The lowest BCUT2D eigenvalue weighted by Crippen LogP contribution is -2.40. The fraction of sp³-hybridized carbons (Fsp3) is 0.600. The molecule has 1 N–H and O–H groups in total. The zero-order valence-corrected chi connectivity index (χ0v) is 12.8. The predicted octanol–water partition coefficient (Wildman–Crippen LogP) is 1.40. The number of rotatable bonds is 4. The zero-order valence-electron chi connectivity index (χ0n) is 12.0. The molecule has 1 saturated heterocycles. The highest BCUT2D eigenvalue weighted by atomic mass is 32.2. The third-order valence-electron chi connectivity index (χ3n) is 4.32. The lowest BCUT2D eigenvalue weighted by Gasteiger charge is -2.31.